The standard InChI is InChI=1S/C23H33N5O/c1-27(2)23(29)22-20-13-19(25-15-18-9-6-12-24-14-18)10-11-21(20)28(26-22)16-17-7-4-3-5-8-17/h6,9,12,14,17,19,25H,3-5,7-8,10-11,13,15-16H2,1-2H3. The summed E-state index contributed by atoms with van der Waals surface area (Å²) in [7, 11) is 3.63. The van der Waals surface area contributed by atoms with Crippen molar-refractivity contribution in [2.24, 2.45) is 5.92 Å². The van der Waals surface area contributed by atoms with Crippen LogP contribution in [0.3, 0.4) is 0 Å². The number of hydrogen-bond acceptors (Lipinski definition) is 4. The van der Waals surface area contributed by atoms with Crippen LogP contribution in [0.4, 0.5) is 0 Å². The van der Waals surface area contributed by atoms with Gasteiger partial charge in [0.15, 0.2) is 5.69 Å². The van der Waals surface area contributed by atoms with Crippen LogP contribution in [0, 0.1) is 5.92 Å². The third kappa shape index (κ3) is 4.69. The molecule has 2 aromatic heterocycles. The zero-order valence-corrected chi connectivity index (χ0v) is 17.7. The number of nitrogens with one attached hydrogen (secondary N) is 1. The lowest BCUT2D eigenvalue weighted by Crippen LogP contribution is -2.35. The molecule has 1 N–H and O–H groups in total. The molecule has 0 aliphatic heterocycles. The molecule has 0 saturated heterocycles. The lowest BCUT2D eigenvalue weighted by Gasteiger charge is -2.26. The van der Waals surface area contributed by atoms with Crippen LogP contribution in [-0.2, 0) is 25.9 Å². The summed E-state index contributed by atoms with van der Waals surface area (Å²) in [6.07, 6.45) is 13.3. The number of amides is 1. The van der Waals surface area contributed by atoms with Gasteiger partial charge in [-0.15, -0.1) is 0 Å². The maximum Gasteiger partial charge on any atom is 0.274 e. The normalized spacial score (nSPS) is 19.7. The van der Waals surface area contributed by atoms with Crippen LogP contribution in [0.25, 0.3) is 0 Å². The Kier molecular flexibility index (Phi) is 6.28. The van der Waals surface area contributed by atoms with E-state index in [1.54, 1.807) is 11.1 Å². The molecule has 0 aromatic carbocycles. The van der Waals surface area contributed by atoms with Crippen LogP contribution < -0.4 is 5.32 Å². The zero-order chi connectivity index (χ0) is 20.2. The third-order valence-corrected chi connectivity index (χ3v) is 6.43. The number of carbonyl (C=O) groups excluding carboxylic acids is 1. The molecule has 1 unspecified atom stereocenters. The Bertz CT molecular complexity index is 823. The summed E-state index contributed by atoms with van der Waals surface area (Å²) in [4.78, 5) is 18.7. The summed E-state index contributed by atoms with van der Waals surface area (Å²) in [5, 5.41) is 8.51. The molecule has 4 rings (SSSR count). The van der Waals surface area contributed by atoms with Crippen molar-refractivity contribution in [2.45, 2.75) is 70.5 Å². The molecule has 1 amide bonds. The highest BCUT2D eigenvalue weighted by atomic mass is 16.2. The van der Waals surface area contributed by atoms with E-state index in [9.17, 15) is 4.79 Å². The van der Waals surface area contributed by atoms with Gasteiger partial charge in [-0.2, -0.15) is 5.10 Å². The highest BCUT2D eigenvalue weighted by Gasteiger charge is 2.30. The molecule has 2 aromatic rings. The summed E-state index contributed by atoms with van der Waals surface area (Å²) in [6.45, 7) is 1.78. The minimum atomic E-state index is 0.0246. The second-order valence-corrected chi connectivity index (χ2v) is 8.84. The van der Waals surface area contributed by atoms with Crippen LogP contribution in [0.15, 0.2) is 24.5 Å². The number of carbonyl (C=O) groups is 1. The zero-order valence-electron chi connectivity index (χ0n) is 17.7. The topological polar surface area (TPSA) is 63.1 Å². The number of rotatable bonds is 6. The Balaban J connectivity index is 1.51. The highest BCUT2D eigenvalue weighted by Crippen LogP contribution is 2.30. The van der Waals surface area contributed by atoms with Crippen molar-refractivity contribution in [1.82, 2.24) is 25.0 Å². The number of pyridine rings is 1. The Morgan fingerprint density at radius 2 is 2.07 bits per heavy atom. The van der Waals surface area contributed by atoms with Gasteiger partial charge in [-0.25, -0.2) is 0 Å². The van der Waals surface area contributed by atoms with E-state index in [2.05, 4.69) is 21.0 Å². The monoisotopic (exact) mass is 395 g/mol. The van der Waals surface area contributed by atoms with Gasteiger partial charge in [-0.3, -0.25) is 14.5 Å². The molecule has 0 radical (unpaired) electrons. The lowest BCUT2D eigenvalue weighted by molar-refractivity contribution is 0.0819. The van der Waals surface area contributed by atoms with Crippen LogP contribution in [0.5, 0.6) is 0 Å². The van der Waals surface area contributed by atoms with Gasteiger partial charge in [0.05, 0.1) is 0 Å². The van der Waals surface area contributed by atoms with Crippen LogP contribution >= 0.6 is 0 Å². The van der Waals surface area contributed by atoms with E-state index in [1.807, 2.05) is 26.4 Å². The Labute approximate surface area is 173 Å². The first-order chi connectivity index (χ1) is 14.1. The molecule has 1 fully saturated rings. The molecule has 1 atom stereocenters. The van der Waals surface area contributed by atoms with Crippen LogP contribution in [0.2, 0.25) is 0 Å². The van der Waals surface area contributed by atoms with Crippen LogP contribution in [-0.4, -0.2) is 45.7 Å². The molecule has 1 saturated carbocycles. The summed E-state index contributed by atoms with van der Waals surface area (Å²) in [6, 6.07) is 4.43. The fourth-order valence-corrected chi connectivity index (χ4v) is 4.78. The second kappa shape index (κ2) is 9.08. The Hall–Kier alpha value is -2.21. The quantitative estimate of drug-likeness (QED) is 0.816. The van der Waals surface area contributed by atoms with Gasteiger partial charge >= 0.3 is 0 Å². The van der Waals surface area contributed by atoms with E-state index < -0.39 is 0 Å². The molecule has 2 aliphatic rings. The average molecular weight is 396 g/mol. The number of hydrogen-bond donors (Lipinski definition) is 1. The number of nitrogens with zero attached hydrogens (tertiary/aromatic N) is 4. The summed E-state index contributed by atoms with van der Waals surface area (Å²) >= 11 is 0. The fourth-order valence-electron chi connectivity index (χ4n) is 4.78. The first-order valence-corrected chi connectivity index (χ1v) is 11.0. The van der Waals surface area contributed by atoms with Gasteiger partial charge in [0.2, 0.25) is 0 Å². The lowest BCUT2D eigenvalue weighted by atomic mass is 9.88. The molecule has 6 heteroatoms. The third-order valence-electron chi connectivity index (χ3n) is 6.43. The van der Waals surface area contributed by atoms with Crippen molar-refractivity contribution in [1.29, 1.82) is 0 Å². The van der Waals surface area contributed by atoms with Crippen LogP contribution in [0.1, 0.15) is 65.8 Å². The summed E-state index contributed by atoms with van der Waals surface area (Å²) in [5.74, 6) is 0.730. The van der Waals surface area contributed by atoms with E-state index in [4.69, 9.17) is 5.10 Å². The van der Waals surface area contributed by atoms with Gasteiger partial charge in [-0.05, 0) is 49.7 Å². The number of aromatic nitrogens is 3. The minimum Gasteiger partial charge on any atom is -0.343 e. The molecular weight excluding hydrogens is 362 g/mol. The van der Waals surface area contributed by atoms with Gasteiger partial charge in [0.1, 0.15) is 0 Å². The molecule has 6 nitrogen and oxygen atoms in total. The predicted octanol–water partition coefficient (Wildman–Crippen LogP) is 3.21. The van der Waals surface area contributed by atoms with Crippen molar-refractivity contribution in [3.63, 3.8) is 0 Å². The fraction of sp³-hybridized carbons (Fsp3) is 0.609. The van der Waals surface area contributed by atoms with Gasteiger partial charge in [-0.1, -0.05) is 25.3 Å². The Morgan fingerprint density at radius 1 is 1.24 bits per heavy atom. The summed E-state index contributed by atoms with van der Waals surface area (Å²) < 4.78 is 2.18. The summed E-state index contributed by atoms with van der Waals surface area (Å²) in [5.41, 5.74) is 4.30. The van der Waals surface area contributed by atoms with Gasteiger partial charge in [0, 0.05) is 56.9 Å². The average Bonchev–Trinajstić information content (AvgIpc) is 3.10. The van der Waals surface area contributed by atoms with Crippen molar-refractivity contribution in [2.75, 3.05) is 14.1 Å². The number of fused-ring (bicyclic) bond motifs is 1. The molecule has 156 valence electrons. The van der Waals surface area contributed by atoms with Gasteiger partial charge < -0.3 is 10.2 Å². The highest BCUT2D eigenvalue weighted by molar-refractivity contribution is 5.93. The van der Waals surface area contributed by atoms with Gasteiger partial charge in [0.25, 0.3) is 5.91 Å². The predicted molar refractivity (Wildman–Crippen MR) is 114 cm³/mol. The first kappa shape index (κ1) is 20.1. The molecule has 29 heavy (non-hydrogen) atoms. The van der Waals surface area contributed by atoms with E-state index in [0.29, 0.717) is 17.7 Å². The minimum absolute atomic E-state index is 0.0246. The SMILES string of the molecule is CN(C)C(=O)c1nn(CC2CCCCC2)c2c1CC(NCc1cccnc1)CC2. The van der Waals surface area contributed by atoms with Crippen molar-refractivity contribution < 1.29 is 4.79 Å². The molecular formula is C23H33N5O. The van der Waals surface area contributed by atoms with Crippen molar-refractivity contribution in [3.8, 4) is 0 Å². The maximum absolute atomic E-state index is 12.8. The van der Waals surface area contributed by atoms with Crippen molar-refractivity contribution >= 4 is 5.91 Å². The molecule has 2 aliphatic carbocycles. The van der Waals surface area contributed by atoms with Crippen molar-refractivity contribution in [3.05, 3.63) is 47.0 Å². The van der Waals surface area contributed by atoms with E-state index in [-0.39, 0.29) is 5.91 Å². The first-order valence-electron chi connectivity index (χ1n) is 11.0. The van der Waals surface area contributed by atoms with E-state index in [0.717, 1.165) is 37.9 Å². The molecule has 2 heterocycles. The van der Waals surface area contributed by atoms with E-state index >= 15 is 0 Å². The second-order valence-electron chi connectivity index (χ2n) is 8.84. The largest absolute Gasteiger partial charge is 0.343 e. The smallest absolute Gasteiger partial charge is 0.274 e. The maximum atomic E-state index is 12.8. The molecule has 0 bridgehead atoms. The van der Waals surface area contributed by atoms with E-state index in [1.165, 1.54) is 43.4 Å². The molecule has 0 spiro atoms. The Morgan fingerprint density at radius 3 is 2.79 bits per heavy atom.